The van der Waals surface area contributed by atoms with Crippen LogP contribution in [-0.4, -0.2) is 42.1 Å². The number of alkyl halides is 3. The number of benzene rings is 1. The number of nitrogens with one attached hydrogen (secondary N) is 2. The number of rotatable bonds is 7. The Bertz CT molecular complexity index is 833. The highest BCUT2D eigenvalue weighted by Gasteiger charge is 2.29. The van der Waals surface area contributed by atoms with Crippen molar-refractivity contribution < 1.29 is 18.0 Å². The first kappa shape index (κ1) is 20.9. The molecule has 1 aliphatic heterocycles. The molecule has 0 atom stereocenters. The van der Waals surface area contributed by atoms with Gasteiger partial charge in [-0.05, 0) is 37.5 Å². The smallest absolute Gasteiger partial charge is 0.368 e. The number of anilines is 2. The van der Waals surface area contributed by atoms with E-state index in [0.29, 0.717) is 30.3 Å². The standard InChI is InChI=1S/C20H24F3N5O/c1-14-26-17(13-18(27-14)28-10-2-3-11-28)24-8-9-25-19(29)12-15-4-6-16(7-5-15)20(21,22)23/h4-7,13H,2-3,8-12H2,1H3,(H,25,29)(H,24,26,27). The fourth-order valence-corrected chi connectivity index (χ4v) is 3.20. The van der Waals surface area contributed by atoms with E-state index in [1.807, 2.05) is 13.0 Å². The first-order valence-electron chi connectivity index (χ1n) is 9.58. The van der Waals surface area contributed by atoms with Crippen molar-refractivity contribution in [1.82, 2.24) is 15.3 Å². The molecular weight excluding hydrogens is 383 g/mol. The first-order chi connectivity index (χ1) is 13.8. The maximum absolute atomic E-state index is 12.6. The molecule has 2 heterocycles. The topological polar surface area (TPSA) is 70.2 Å². The minimum atomic E-state index is -4.37. The molecule has 0 unspecified atom stereocenters. The zero-order valence-corrected chi connectivity index (χ0v) is 16.2. The van der Waals surface area contributed by atoms with Gasteiger partial charge in [-0.1, -0.05) is 12.1 Å². The average molecular weight is 407 g/mol. The van der Waals surface area contributed by atoms with E-state index in [1.165, 1.54) is 12.1 Å². The van der Waals surface area contributed by atoms with Crippen molar-refractivity contribution in [1.29, 1.82) is 0 Å². The Balaban J connectivity index is 1.44. The number of nitrogens with zero attached hydrogens (tertiary/aromatic N) is 3. The summed E-state index contributed by atoms with van der Waals surface area (Å²) in [5.74, 6) is 2.05. The van der Waals surface area contributed by atoms with Crippen LogP contribution in [0.5, 0.6) is 0 Å². The summed E-state index contributed by atoms with van der Waals surface area (Å²) in [6, 6.07) is 6.52. The van der Waals surface area contributed by atoms with Crippen LogP contribution < -0.4 is 15.5 Å². The van der Waals surface area contributed by atoms with Crippen molar-refractivity contribution in [2.24, 2.45) is 0 Å². The third-order valence-corrected chi connectivity index (χ3v) is 4.65. The quantitative estimate of drug-likeness (QED) is 0.690. The maximum atomic E-state index is 12.6. The van der Waals surface area contributed by atoms with Crippen LogP contribution in [0.2, 0.25) is 0 Å². The van der Waals surface area contributed by atoms with Gasteiger partial charge in [-0.15, -0.1) is 0 Å². The molecule has 0 aliphatic carbocycles. The lowest BCUT2D eigenvalue weighted by Gasteiger charge is -2.17. The molecule has 1 aliphatic rings. The van der Waals surface area contributed by atoms with Crippen LogP contribution in [0.1, 0.15) is 29.8 Å². The second-order valence-electron chi connectivity index (χ2n) is 7.00. The molecule has 0 bridgehead atoms. The summed E-state index contributed by atoms with van der Waals surface area (Å²) in [5.41, 5.74) is -0.190. The minimum Gasteiger partial charge on any atom is -0.368 e. The van der Waals surface area contributed by atoms with Gasteiger partial charge in [-0.25, -0.2) is 9.97 Å². The van der Waals surface area contributed by atoms with E-state index < -0.39 is 11.7 Å². The van der Waals surface area contributed by atoms with E-state index in [1.54, 1.807) is 0 Å². The summed E-state index contributed by atoms with van der Waals surface area (Å²) in [5, 5.41) is 5.93. The Morgan fingerprint density at radius 1 is 1.10 bits per heavy atom. The predicted molar refractivity (Wildman–Crippen MR) is 105 cm³/mol. The summed E-state index contributed by atoms with van der Waals surface area (Å²) in [4.78, 5) is 23.1. The molecule has 1 fully saturated rings. The van der Waals surface area contributed by atoms with Gasteiger partial charge in [0.25, 0.3) is 0 Å². The zero-order chi connectivity index (χ0) is 20.9. The van der Waals surface area contributed by atoms with Crippen LogP contribution in [-0.2, 0) is 17.4 Å². The summed E-state index contributed by atoms with van der Waals surface area (Å²) in [7, 11) is 0. The molecule has 0 spiro atoms. The molecule has 3 rings (SSSR count). The van der Waals surface area contributed by atoms with E-state index >= 15 is 0 Å². The number of carbonyl (C=O) groups is 1. The fraction of sp³-hybridized carbons (Fsp3) is 0.450. The highest BCUT2D eigenvalue weighted by Crippen LogP contribution is 2.29. The molecule has 29 heavy (non-hydrogen) atoms. The molecule has 156 valence electrons. The van der Waals surface area contributed by atoms with Crippen molar-refractivity contribution in [2.75, 3.05) is 36.4 Å². The van der Waals surface area contributed by atoms with Gasteiger partial charge in [0.15, 0.2) is 0 Å². The lowest BCUT2D eigenvalue weighted by atomic mass is 10.1. The Morgan fingerprint density at radius 3 is 2.45 bits per heavy atom. The fourth-order valence-electron chi connectivity index (χ4n) is 3.20. The second kappa shape index (κ2) is 9.11. The third kappa shape index (κ3) is 6.07. The second-order valence-corrected chi connectivity index (χ2v) is 7.00. The van der Waals surface area contributed by atoms with E-state index in [-0.39, 0.29) is 12.3 Å². The average Bonchev–Trinajstić information content (AvgIpc) is 3.19. The minimum absolute atomic E-state index is 0.0316. The van der Waals surface area contributed by atoms with Gasteiger partial charge in [0.05, 0.1) is 12.0 Å². The molecule has 9 heteroatoms. The van der Waals surface area contributed by atoms with Gasteiger partial charge in [-0.2, -0.15) is 13.2 Å². The van der Waals surface area contributed by atoms with Crippen LogP contribution in [0, 0.1) is 6.92 Å². The van der Waals surface area contributed by atoms with Crippen molar-refractivity contribution in [2.45, 2.75) is 32.4 Å². The molecule has 2 aromatic rings. The van der Waals surface area contributed by atoms with Gasteiger partial charge in [0.2, 0.25) is 5.91 Å². The summed E-state index contributed by atoms with van der Waals surface area (Å²) in [6.45, 7) is 4.69. The van der Waals surface area contributed by atoms with Gasteiger partial charge in [0, 0.05) is 32.2 Å². The molecule has 0 radical (unpaired) electrons. The maximum Gasteiger partial charge on any atom is 0.416 e. The van der Waals surface area contributed by atoms with Crippen molar-refractivity contribution in [3.8, 4) is 0 Å². The third-order valence-electron chi connectivity index (χ3n) is 4.65. The van der Waals surface area contributed by atoms with Gasteiger partial charge >= 0.3 is 6.18 Å². The Labute approximate surface area is 167 Å². The van der Waals surface area contributed by atoms with Gasteiger partial charge in [-0.3, -0.25) is 4.79 Å². The van der Waals surface area contributed by atoms with Crippen LogP contribution in [0.25, 0.3) is 0 Å². The SMILES string of the molecule is Cc1nc(NCCNC(=O)Cc2ccc(C(F)(F)F)cc2)cc(N2CCCC2)n1. The van der Waals surface area contributed by atoms with Crippen LogP contribution >= 0.6 is 0 Å². The normalized spacial score (nSPS) is 14.1. The lowest BCUT2D eigenvalue weighted by Crippen LogP contribution is -2.30. The first-order valence-corrected chi connectivity index (χ1v) is 9.58. The van der Waals surface area contributed by atoms with Crippen LogP contribution in [0.15, 0.2) is 30.3 Å². The highest BCUT2D eigenvalue weighted by atomic mass is 19.4. The number of hydrogen-bond donors (Lipinski definition) is 2. The van der Waals surface area contributed by atoms with E-state index in [4.69, 9.17) is 0 Å². The van der Waals surface area contributed by atoms with E-state index in [2.05, 4.69) is 25.5 Å². The van der Waals surface area contributed by atoms with E-state index in [0.717, 1.165) is 43.9 Å². The van der Waals surface area contributed by atoms with E-state index in [9.17, 15) is 18.0 Å². The Kier molecular flexibility index (Phi) is 6.56. The molecular formula is C20H24F3N5O. The van der Waals surface area contributed by atoms with Gasteiger partial charge < -0.3 is 15.5 Å². The predicted octanol–water partition coefficient (Wildman–Crippen LogP) is 3.17. The molecule has 6 nitrogen and oxygen atoms in total. The number of aryl methyl sites for hydroxylation is 1. The lowest BCUT2D eigenvalue weighted by molar-refractivity contribution is -0.137. The molecule has 1 aromatic heterocycles. The Hall–Kier alpha value is -2.84. The van der Waals surface area contributed by atoms with Crippen molar-refractivity contribution in [3.63, 3.8) is 0 Å². The summed E-state index contributed by atoms with van der Waals surface area (Å²) < 4.78 is 37.7. The molecule has 1 amide bonds. The number of aromatic nitrogens is 2. The highest BCUT2D eigenvalue weighted by molar-refractivity contribution is 5.78. The van der Waals surface area contributed by atoms with Crippen molar-refractivity contribution in [3.05, 3.63) is 47.3 Å². The van der Waals surface area contributed by atoms with Crippen molar-refractivity contribution >= 4 is 17.5 Å². The van der Waals surface area contributed by atoms with Crippen LogP contribution in [0.3, 0.4) is 0 Å². The largest absolute Gasteiger partial charge is 0.416 e. The number of halogens is 3. The molecule has 0 saturated carbocycles. The number of hydrogen-bond acceptors (Lipinski definition) is 5. The molecule has 2 N–H and O–H groups in total. The number of carbonyl (C=O) groups excluding carboxylic acids is 1. The number of amides is 1. The van der Waals surface area contributed by atoms with Gasteiger partial charge in [0.1, 0.15) is 17.5 Å². The monoisotopic (exact) mass is 407 g/mol. The van der Waals surface area contributed by atoms with Crippen LogP contribution in [0.4, 0.5) is 24.8 Å². The molecule has 1 saturated heterocycles. The molecule has 1 aromatic carbocycles. The Morgan fingerprint density at radius 2 is 1.79 bits per heavy atom. The summed E-state index contributed by atoms with van der Waals surface area (Å²) >= 11 is 0. The zero-order valence-electron chi connectivity index (χ0n) is 16.2. The summed E-state index contributed by atoms with van der Waals surface area (Å²) in [6.07, 6.45) is -2.02.